The van der Waals surface area contributed by atoms with Gasteiger partial charge in [-0.2, -0.15) is 0 Å². The molecule has 1 aromatic heterocycles. The van der Waals surface area contributed by atoms with Gasteiger partial charge in [0.15, 0.2) is 5.78 Å². The van der Waals surface area contributed by atoms with Crippen LogP contribution in [0, 0.1) is 0 Å². The van der Waals surface area contributed by atoms with Crippen LogP contribution in [0.1, 0.15) is 38.1 Å². The van der Waals surface area contributed by atoms with Gasteiger partial charge in [-0.1, -0.05) is 19.9 Å². The molecule has 3 heteroatoms. The summed E-state index contributed by atoms with van der Waals surface area (Å²) in [5.41, 5.74) is 1.19. The summed E-state index contributed by atoms with van der Waals surface area (Å²) in [6.45, 7) is 9.89. The Balaban J connectivity index is 2.40. The summed E-state index contributed by atoms with van der Waals surface area (Å²) in [7, 11) is 0. The van der Waals surface area contributed by atoms with E-state index in [1.165, 1.54) is 0 Å². The molecule has 0 spiro atoms. The zero-order chi connectivity index (χ0) is 14.8. The van der Waals surface area contributed by atoms with Gasteiger partial charge < -0.3 is 0 Å². The first-order valence-corrected chi connectivity index (χ1v) is 7.15. The largest absolute Gasteiger partial charge is 0.292 e. The molecule has 0 amide bonds. The lowest BCUT2D eigenvalue weighted by atomic mass is 9.90. The van der Waals surface area contributed by atoms with Crippen molar-refractivity contribution in [3.8, 4) is 0 Å². The van der Waals surface area contributed by atoms with Gasteiger partial charge in [0.2, 0.25) is 0 Å². The maximum atomic E-state index is 12.8. The third-order valence-corrected chi connectivity index (χ3v) is 3.97. The summed E-state index contributed by atoms with van der Waals surface area (Å²) >= 11 is 0. The molecule has 0 aliphatic carbocycles. The van der Waals surface area contributed by atoms with Gasteiger partial charge in [-0.05, 0) is 51.2 Å². The van der Waals surface area contributed by atoms with Crippen molar-refractivity contribution in [2.45, 2.75) is 33.2 Å². The second-order valence-electron chi connectivity index (χ2n) is 5.47. The van der Waals surface area contributed by atoms with Crippen LogP contribution < -0.4 is 0 Å². The fourth-order valence-electron chi connectivity index (χ4n) is 2.73. The van der Waals surface area contributed by atoms with Gasteiger partial charge in [-0.25, -0.2) is 0 Å². The minimum Gasteiger partial charge on any atom is -0.292 e. The van der Waals surface area contributed by atoms with Crippen LogP contribution in [0.3, 0.4) is 0 Å². The van der Waals surface area contributed by atoms with E-state index in [1.54, 1.807) is 6.20 Å². The number of hydrogen-bond acceptors (Lipinski definition) is 3. The highest BCUT2D eigenvalue weighted by molar-refractivity contribution is 6.04. The molecule has 0 fully saturated rings. The molecule has 0 radical (unpaired) electrons. The lowest BCUT2D eigenvalue weighted by Crippen LogP contribution is -2.49. The third-order valence-electron chi connectivity index (χ3n) is 3.97. The molecule has 0 bridgehead atoms. The quantitative estimate of drug-likeness (QED) is 0.779. The minimum atomic E-state index is -0.487. The van der Waals surface area contributed by atoms with Crippen LogP contribution in [-0.2, 0) is 0 Å². The van der Waals surface area contributed by atoms with Gasteiger partial charge in [-0.3, -0.25) is 14.7 Å². The van der Waals surface area contributed by atoms with E-state index < -0.39 is 5.54 Å². The lowest BCUT2D eigenvalue weighted by Gasteiger charge is -2.35. The molecule has 106 valence electrons. The highest BCUT2D eigenvalue weighted by Crippen LogP contribution is 2.22. The van der Waals surface area contributed by atoms with Crippen molar-refractivity contribution < 1.29 is 4.79 Å². The molecule has 0 saturated carbocycles. The second-order valence-corrected chi connectivity index (χ2v) is 5.47. The number of fused-ring (bicyclic) bond motifs is 1. The van der Waals surface area contributed by atoms with Crippen LogP contribution >= 0.6 is 0 Å². The molecule has 0 N–H and O–H groups in total. The molecule has 0 aliphatic heterocycles. The van der Waals surface area contributed by atoms with E-state index in [2.05, 4.69) is 23.7 Å². The number of pyridine rings is 1. The third kappa shape index (κ3) is 2.59. The van der Waals surface area contributed by atoms with Crippen LogP contribution in [0.5, 0.6) is 0 Å². The Bertz CT molecular complexity index is 615. The molecule has 2 rings (SSSR count). The SMILES string of the molecule is CCN(CC)C(C)(C)C(=O)c1ccc2ncccc2c1. The predicted molar refractivity (Wildman–Crippen MR) is 83.1 cm³/mol. The van der Waals surface area contributed by atoms with Crippen LogP contribution in [-0.4, -0.2) is 34.3 Å². The molecule has 0 unspecified atom stereocenters. The Morgan fingerprint density at radius 3 is 2.55 bits per heavy atom. The van der Waals surface area contributed by atoms with E-state index >= 15 is 0 Å². The Kier molecular flexibility index (Phi) is 4.19. The normalized spacial score (nSPS) is 12.1. The highest BCUT2D eigenvalue weighted by atomic mass is 16.1. The first kappa shape index (κ1) is 14.7. The average molecular weight is 270 g/mol. The number of ketones is 1. The van der Waals surface area contributed by atoms with Crippen LogP contribution in [0.25, 0.3) is 10.9 Å². The van der Waals surface area contributed by atoms with Crippen molar-refractivity contribution in [2.24, 2.45) is 0 Å². The average Bonchev–Trinajstić information content (AvgIpc) is 2.47. The van der Waals surface area contributed by atoms with Gasteiger partial charge in [0.25, 0.3) is 0 Å². The summed E-state index contributed by atoms with van der Waals surface area (Å²) in [6, 6.07) is 9.62. The Hall–Kier alpha value is -1.74. The fourth-order valence-corrected chi connectivity index (χ4v) is 2.73. The van der Waals surface area contributed by atoms with Crippen molar-refractivity contribution in [3.05, 3.63) is 42.1 Å². The zero-order valence-electron chi connectivity index (χ0n) is 12.7. The molecule has 2 aromatic rings. The lowest BCUT2D eigenvalue weighted by molar-refractivity contribution is 0.0669. The van der Waals surface area contributed by atoms with E-state index in [9.17, 15) is 4.79 Å². The molecule has 1 aromatic carbocycles. The van der Waals surface area contributed by atoms with Crippen LogP contribution in [0.15, 0.2) is 36.5 Å². The number of hydrogen-bond donors (Lipinski definition) is 0. The summed E-state index contributed by atoms with van der Waals surface area (Å²) < 4.78 is 0. The van der Waals surface area contributed by atoms with E-state index in [1.807, 2.05) is 44.2 Å². The number of benzene rings is 1. The van der Waals surface area contributed by atoms with Gasteiger partial charge in [0, 0.05) is 17.1 Å². The molecule has 3 nitrogen and oxygen atoms in total. The Morgan fingerprint density at radius 1 is 1.20 bits per heavy atom. The highest BCUT2D eigenvalue weighted by Gasteiger charge is 2.33. The molecular weight excluding hydrogens is 248 g/mol. The number of aromatic nitrogens is 1. The molecule has 1 heterocycles. The summed E-state index contributed by atoms with van der Waals surface area (Å²) in [5, 5.41) is 1.01. The molecule has 0 aliphatic rings. The maximum absolute atomic E-state index is 12.8. The number of nitrogens with zero attached hydrogens (tertiary/aromatic N) is 2. The summed E-state index contributed by atoms with van der Waals surface area (Å²) in [5.74, 6) is 0.159. The van der Waals surface area contributed by atoms with Crippen LogP contribution in [0.4, 0.5) is 0 Å². The topological polar surface area (TPSA) is 33.2 Å². The van der Waals surface area contributed by atoms with E-state index in [0.717, 1.165) is 29.6 Å². The van der Waals surface area contributed by atoms with Crippen molar-refractivity contribution >= 4 is 16.7 Å². The Labute approximate surface area is 120 Å². The number of carbonyl (C=O) groups excluding carboxylic acids is 1. The second kappa shape index (κ2) is 5.71. The van der Waals surface area contributed by atoms with E-state index in [-0.39, 0.29) is 5.78 Å². The number of carbonyl (C=O) groups is 1. The maximum Gasteiger partial charge on any atom is 0.182 e. The number of rotatable bonds is 5. The Morgan fingerprint density at radius 2 is 1.90 bits per heavy atom. The van der Waals surface area contributed by atoms with Gasteiger partial charge >= 0.3 is 0 Å². The van der Waals surface area contributed by atoms with Crippen molar-refractivity contribution in [1.82, 2.24) is 9.88 Å². The van der Waals surface area contributed by atoms with Crippen LogP contribution in [0.2, 0.25) is 0 Å². The molecular formula is C17H22N2O. The standard InChI is InChI=1S/C17H22N2O/c1-5-19(6-2)17(3,4)16(20)14-9-10-15-13(12-14)8-7-11-18-15/h7-12H,5-6H2,1-4H3. The van der Waals surface area contributed by atoms with E-state index in [4.69, 9.17) is 0 Å². The first-order chi connectivity index (χ1) is 9.50. The molecule has 20 heavy (non-hydrogen) atoms. The molecule has 0 saturated heterocycles. The zero-order valence-corrected chi connectivity index (χ0v) is 12.7. The minimum absolute atomic E-state index is 0.159. The first-order valence-electron chi connectivity index (χ1n) is 7.15. The van der Waals surface area contributed by atoms with Gasteiger partial charge in [0.05, 0.1) is 11.1 Å². The number of Topliss-reactive ketones (excluding diaryl/α,β-unsaturated/α-hetero) is 1. The van der Waals surface area contributed by atoms with Crippen molar-refractivity contribution in [3.63, 3.8) is 0 Å². The fraction of sp³-hybridized carbons (Fsp3) is 0.412. The molecule has 0 atom stereocenters. The van der Waals surface area contributed by atoms with Crippen molar-refractivity contribution in [2.75, 3.05) is 13.1 Å². The van der Waals surface area contributed by atoms with Gasteiger partial charge in [0.1, 0.15) is 0 Å². The monoisotopic (exact) mass is 270 g/mol. The van der Waals surface area contributed by atoms with Gasteiger partial charge in [-0.15, -0.1) is 0 Å². The predicted octanol–water partition coefficient (Wildman–Crippen LogP) is 3.54. The smallest absolute Gasteiger partial charge is 0.182 e. The summed E-state index contributed by atoms with van der Waals surface area (Å²) in [6.07, 6.45) is 1.77. The summed E-state index contributed by atoms with van der Waals surface area (Å²) in [4.78, 5) is 19.3. The van der Waals surface area contributed by atoms with E-state index in [0.29, 0.717) is 0 Å². The number of likely N-dealkylation sites (N-methyl/N-ethyl adjacent to an activating group) is 1. The van der Waals surface area contributed by atoms with Crippen molar-refractivity contribution in [1.29, 1.82) is 0 Å².